The number of hydrogen-bond donors (Lipinski definition) is 0. The minimum atomic E-state index is -3.94. The summed E-state index contributed by atoms with van der Waals surface area (Å²) < 4.78 is 81.4. The summed E-state index contributed by atoms with van der Waals surface area (Å²) >= 11 is 0. The molecule has 0 aromatic heterocycles. The van der Waals surface area contributed by atoms with Gasteiger partial charge in [-0.1, -0.05) is 37.6 Å². The largest absolute Gasteiger partial charge is 0.462 e. The molecule has 3 aliphatic carbocycles. The van der Waals surface area contributed by atoms with Gasteiger partial charge in [0.1, 0.15) is 24.4 Å². The number of hydrogen-bond acceptors (Lipinski definition) is 13. The maximum Gasteiger partial charge on any atom is 0.306 e. The molecule has 63 heavy (non-hydrogen) atoms. The molecular formula is C48H72N2O12S. The number of benzene rings is 1. The third kappa shape index (κ3) is 8.99. The molecule has 8 rings (SSSR count). The number of esters is 1. The molecule has 352 valence electrons. The van der Waals surface area contributed by atoms with Gasteiger partial charge in [-0.3, -0.25) is 9.59 Å². The Labute approximate surface area is 375 Å². The van der Waals surface area contributed by atoms with Gasteiger partial charge in [0.2, 0.25) is 10.0 Å². The molecule has 15 heteroatoms. The maximum atomic E-state index is 15.2. The zero-order valence-corrected chi connectivity index (χ0v) is 39.7. The van der Waals surface area contributed by atoms with E-state index in [0.29, 0.717) is 37.7 Å². The lowest BCUT2D eigenvalue weighted by atomic mass is 9.66. The average molecular weight is 901 g/mol. The number of aryl methyl sites for hydroxylation is 1. The van der Waals surface area contributed by atoms with Crippen molar-refractivity contribution in [2.45, 2.75) is 177 Å². The van der Waals surface area contributed by atoms with Gasteiger partial charge in [-0.15, -0.1) is 0 Å². The van der Waals surface area contributed by atoms with Crippen LogP contribution in [0, 0.1) is 42.4 Å². The Bertz CT molecular complexity index is 1930. The first kappa shape index (κ1) is 47.2. The van der Waals surface area contributed by atoms with Gasteiger partial charge in [0.15, 0.2) is 18.4 Å². The van der Waals surface area contributed by atoms with Crippen molar-refractivity contribution in [1.29, 1.82) is 0 Å². The Morgan fingerprint density at radius 2 is 1.52 bits per heavy atom. The number of ether oxygens (including phenoxy) is 8. The lowest BCUT2D eigenvalue weighted by Gasteiger charge is -2.44. The molecular weight excluding hydrogens is 829 g/mol. The molecule has 4 unspecified atom stereocenters. The quantitative estimate of drug-likeness (QED) is 0.198. The Kier molecular flexibility index (Phi) is 14.3. The molecule has 1 aromatic carbocycles. The predicted octanol–water partition coefficient (Wildman–Crippen LogP) is 5.68. The second-order valence-electron chi connectivity index (χ2n) is 19.7. The molecule has 4 heterocycles. The van der Waals surface area contributed by atoms with Crippen LogP contribution in [0.5, 0.6) is 0 Å². The van der Waals surface area contributed by atoms with Crippen LogP contribution in [0.4, 0.5) is 0 Å². The summed E-state index contributed by atoms with van der Waals surface area (Å²) in [5.41, 5.74) is 1.57. The van der Waals surface area contributed by atoms with Crippen molar-refractivity contribution in [3.05, 3.63) is 41.5 Å². The number of cyclic esters (lactones) is 1. The van der Waals surface area contributed by atoms with E-state index in [0.717, 1.165) is 24.8 Å². The van der Waals surface area contributed by atoms with Gasteiger partial charge in [-0.2, -0.15) is 4.31 Å². The van der Waals surface area contributed by atoms with Crippen molar-refractivity contribution < 1.29 is 55.9 Å². The van der Waals surface area contributed by atoms with Gasteiger partial charge >= 0.3 is 5.97 Å². The van der Waals surface area contributed by atoms with E-state index < -0.39 is 58.8 Å². The SMILES string of the molecule is CC[C@H]1CCC[C@H](O[C@H]2CC[C@H](N(C)C)C(C)O2)[C@@H](C)C(=O)C2=C[C@H]3[C@@H]4C[C@H](O[C@@H]5OC(C)[C@H](OC)[C@@H](OC)C5OC)C[C@H]4[C@@H]4[C@H]([C@H]3[C@@H]2CC(=O)O1)N4S(=O)(=O)c1ccc(C)cc1. The minimum Gasteiger partial charge on any atom is -0.462 e. The summed E-state index contributed by atoms with van der Waals surface area (Å²) in [6.45, 7) is 9.93. The molecule has 20 atom stereocenters. The molecule has 0 radical (unpaired) electrons. The van der Waals surface area contributed by atoms with Crippen LogP contribution in [-0.4, -0.2) is 144 Å². The standard InChI is InChI=1S/C48H72N2O12S/c1-11-29-13-12-14-38(62-40-20-19-37(49(6)7)27(4)58-40)26(3)44(52)36-23-33-32-21-30(61-48-47(57-10)46(56-9)45(55-8)28(5)59-48)22-35(32)42-43(41(33)34(36)24-39(51)60-29)50(42)63(53,54)31-17-15-25(2)16-18-31/h15-18,23,26-30,32-35,37-38,40-43,45-48H,11-14,19-22,24H2,1-10H3/t26-,27?,28?,29+,30+,32+,33+,34-,35-,37+,38+,40+,41-,42-,43+,45+,46-,47?,48+,50?/m1/s1. The molecule has 4 saturated heterocycles. The van der Waals surface area contributed by atoms with E-state index in [-0.39, 0.29) is 89.3 Å². The number of ketones is 1. The average Bonchev–Trinajstić information content (AvgIpc) is 3.69. The zero-order chi connectivity index (χ0) is 45.1. The maximum absolute atomic E-state index is 15.2. The Balaban J connectivity index is 1.13. The summed E-state index contributed by atoms with van der Waals surface area (Å²) in [6, 6.07) is 6.56. The van der Waals surface area contributed by atoms with Crippen molar-refractivity contribution in [1.82, 2.24) is 9.21 Å². The normalized spacial score (nSPS) is 44.3. The van der Waals surface area contributed by atoms with Crippen LogP contribution in [0.3, 0.4) is 0 Å². The van der Waals surface area contributed by atoms with Crippen molar-refractivity contribution >= 4 is 21.8 Å². The predicted molar refractivity (Wildman–Crippen MR) is 233 cm³/mol. The molecule has 14 nitrogen and oxygen atoms in total. The summed E-state index contributed by atoms with van der Waals surface area (Å²) in [7, 11) is 5.06. The minimum absolute atomic E-state index is 0.00398. The third-order valence-corrected chi connectivity index (χ3v) is 17.9. The van der Waals surface area contributed by atoms with E-state index in [9.17, 15) is 13.2 Å². The topological polar surface area (TPSA) is 148 Å². The summed E-state index contributed by atoms with van der Waals surface area (Å²) in [6.07, 6.45) is 3.84. The molecule has 1 aromatic rings. The van der Waals surface area contributed by atoms with Gasteiger partial charge in [-0.05, 0) is 128 Å². The highest BCUT2D eigenvalue weighted by Crippen LogP contribution is 2.65. The Morgan fingerprint density at radius 3 is 2.17 bits per heavy atom. The number of Topliss-reactive ketones (excluding diaryl/α,β-unsaturated/α-hetero) is 1. The lowest BCUT2D eigenvalue weighted by molar-refractivity contribution is -0.314. The first-order valence-corrected chi connectivity index (χ1v) is 25.0. The number of carbonyl (C=O) groups excluding carboxylic acids is 2. The number of carbonyl (C=O) groups is 2. The van der Waals surface area contributed by atoms with Crippen molar-refractivity contribution in [3.8, 4) is 0 Å². The smallest absolute Gasteiger partial charge is 0.306 e. The van der Waals surface area contributed by atoms with Crippen molar-refractivity contribution in [2.75, 3.05) is 35.4 Å². The fraction of sp³-hybridized carbons (Fsp3) is 0.792. The summed E-state index contributed by atoms with van der Waals surface area (Å²) in [4.78, 5) is 31.7. The van der Waals surface area contributed by atoms with Crippen LogP contribution in [0.15, 0.2) is 40.8 Å². The molecule has 4 aliphatic heterocycles. The van der Waals surface area contributed by atoms with Crippen LogP contribution in [0.25, 0.3) is 0 Å². The molecule has 0 spiro atoms. The highest BCUT2D eigenvalue weighted by Gasteiger charge is 2.72. The van der Waals surface area contributed by atoms with E-state index in [1.165, 1.54) is 0 Å². The molecule has 0 N–H and O–H groups in total. The molecule has 7 aliphatic rings. The number of fused-ring (bicyclic) bond motifs is 8. The van der Waals surface area contributed by atoms with Gasteiger partial charge in [-0.25, -0.2) is 8.42 Å². The first-order valence-electron chi connectivity index (χ1n) is 23.5. The van der Waals surface area contributed by atoms with Crippen molar-refractivity contribution in [3.63, 3.8) is 0 Å². The van der Waals surface area contributed by atoms with E-state index in [2.05, 4.69) is 32.0 Å². The van der Waals surface area contributed by atoms with Crippen molar-refractivity contribution in [2.24, 2.45) is 35.5 Å². The first-order chi connectivity index (χ1) is 30.1. The number of sulfonamides is 1. The molecule has 6 fully saturated rings. The Morgan fingerprint density at radius 1 is 0.825 bits per heavy atom. The number of likely N-dealkylation sites (N-methyl/N-ethyl adjacent to an activating group) is 1. The second kappa shape index (κ2) is 19.1. The molecule has 0 bridgehead atoms. The van der Waals surface area contributed by atoms with Crippen LogP contribution in [0.1, 0.15) is 91.0 Å². The van der Waals surface area contributed by atoms with Crippen LogP contribution < -0.4 is 0 Å². The lowest BCUT2D eigenvalue weighted by Crippen LogP contribution is -2.59. The monoisotopic (exact) mass is 900 g/mol. The van der Waals surface area contributed by atoms with Gasteiger partial charge in [0, 0.05) is 51.3 Å². The summed E-state index contributed by atoms with van der Waals surface area (Å²) in [5.74, 6) is -1.97. The fourth-order valence-electron chi connectivity index (χ4n) is 12.7. The number of methoxy groups -OCH3 is 3. The fourth-order valence-corrected chi connectivity index (χ4v) is 14.6. The number of nitrogens with zero attached hydrogens (tertiary/aromatic N) is 2. The highest BCUT2D eigenvalue weighted by atomic mass is 32.2. The number of allylic oxidation sites excluding steroid dienone is 2. The number of rotatable bonds is 11. The van der Waals surface area contributed by atoms with Crippen LogP contribution in [0.2, 0.25) is 0 Å². The van der Waals surface area contributed by atoms with Crippen LogP contribution in [-0.2, 0) is 57.5 Å². The van der Waals surface area contributed by atoms with E-state index >= 15 is 4.79 Å². The van der Waals surface area contributed by atoms with E-state index in [4.69, 9.17) is 37.9 Å². The van der Waals surface area contributed by atoms with E-state index in [1.54, 1.807) is 37.8 Å². The highest BCUT2D eigenvalue weighted by molar-refractivity contribution is 7.89. The molecule has 0 amide bonds. The van der Waals surface area contributed by atoms with Gasteiger partial charge in [0.05, 0.1) is 35.7 Å². The van der Waals surface area contributed by atoms with Gasteiger partial charge in [0.25, 0.3) is 0 Å². The second-order valence-corrected chi connectivity index (χ2v) is 21.6. The third-order valence-electron chi connectivity index (χ3n) is 15.9. The molecule has 2 saturated carbocycles. The zero-order valence-electron chi connectivity index (χ0n) is 38.9. The Hall–Kier alpha value is -2.31. The van der Waals surface area contributed by atoms with Gasteiger partial charge < -0.3 is 42.8 Å². The van der Waals surface area contributed by atoms with E-state index in [1.807, 2.05) is 39.8 Å². The van der Waals surface area contributed by atoms with Crippen LogP contribution >= 0.6 is 0 Å². The summed E-state index contributed by atoms with van der Waals surface area (Å²) in [5, 5.41) is 0.